The molecule has 2 aromatic rings. The monoisotopic (exact) mass is 584 g/mol. The third-order valence-corrected chi connectivity index (χ3v) is 13.9. The molecule has 228 valence electrons. The topological polar surface area (TPSA) is 66.4 Å². The highest BCUT2D eigenvalue weighted by atomic mass is 28.4. The van der Waals surface area contributed by atoms with Gasteiger partial charge in [-0.1, -0.05) is 81.4 Å². The van der Waals surface area contributed by atoms with Crippen molar-refractivity contribution in [2.75, 3.05) is 13.2 Å². The molecule has 7 heteroatoms. The summed E-state index contributed by atoms with van der Waals surface area (Å²) in [5.41, 5.74) is 0.756. The van der Waals surface area contributed by atoms with Crippen LogP contribution in [-0.2, 0) is 36.6 Å². The Morgan fingerprint density at radius 1 is 0.902 bits per heavy atom. The van der Waals surface area contributed by atoms with E-state index in [4.69, 9.17) is 23.4 Å². The van der Waals surface area contributed by atoms with Crippen molar-refractivity contribution in [3.63, 3.8) is 0 Å². The van der Waals surface area contributed by atoms with Crippen LogP contribution < -0.4 is 0 Å². The summed E-state index contributed by atoms with van der Waals surface area (Å²) >= 11 is 0. The Balaban J connectivity index is 1.48. The van der Waals surface area contributed by atoms with Gasteiger partial charge in [-0.25, -0.2) is 0 Å². The van der Waals surface area contributed by atoms with Crippen LogP contribution in [0, 0.1) is 0 Å². The van der Waals surface area contributed by atoms with Gasteiger partial charge < -0.3 is 28.5 Å². The van der Waals surface area contributed by atoms with Gasteiger partial charge in [-0.05, 0) is 55.9 Å². The first-order valence-electron chi connectivity index (χ1n) is 15.3. The van der Waals surface area contributed by atoms with E-state index in [2.05, 4.69) is 65.1 Å². The highest BCUT2D eigenvalue weighted by Gasteiger charge is 2.60. The lowest BCUT2D eigenvalue weighted by atomic mass is 9.76. The smallest absolute Gasteiger partial charge is 0.192 e. The summed E-state index contributed by atoms with van der Waals surface area (Å²) in [6.07, 6.45) is 2.56. The maximum absolute atomic E-state index is 10.6. The standard InChI is InChI=1S/C34H52O6Si/c1-32(2,3)41(6,7)39-29-22-31-34(5,40-33(29,4)25-35)30(37-24-27-17-12-9-13-18-27)21-28(38-31)19-14-20-36-23-26-15-10-8-11-16-26/h8-13,15-18,28-31,35H,14,19-25H2,1-7H3/t28-,29-,30-,31+,33+,34-/m0/s1. The number of aliphatic hydroxyl groups excluding tert-OH is 1. The van der Waals surface area contributed by atoms with Crippen molar-refractivity contribution >= 4 is 8.32 Å². The Labute approximate surface area is 248 Å². The number of hydrogen-bond donors (Lipinski definition) is 1. The fourth-order valence-corrected chi connectivity index (χ4v) is 7.15. The van der Waals surface area contributed by atoms with Crippen LogP contribution in [0.3, 0.4) is 0 Å². The van der Waals surface area contributed by atoms with Gasteiger partial charge in [0.05, 0.1) is 44.2 Å². The van der Waals surface area contributed by atoms with Crippen molar-refractivity contribution in [2.45, 2.75) is 127 Å². The predicted molar refractivity (Wildman–Crippen MR) is 165 cm³/mol. The lowest BCUT2D eigenvalue weighted by Crippen LogP contribution is -2.71. The maximum atomic E-state index is 10.6. The highest BCUT2D eigenvalue weighted by molar-refractivity contribution is 6.74. The van der Waals surface area contributed by atoms with Gasteiger partial charge >= 0.3 is 0 Å². The van der Waals surface area contributed by atoms with E-state index >= 15 is 0 Å². The van der Waals surface area contributed by atoms with Crippen molar-refractivity contribution in [3.8, 4) is 0 Å². The van der Waals surface area contributed by atoms with Gasteiger partial charge in [0.25, 0.3) is 0 Å². The zero-order chi connectivity index (χ0) is 29.7. The highest BCUT2D eigenvalue weighted by Crippen LogP contribution is 2.48. The molecule has 6 atom stereocenters. The van der Waals surface area contributed by atoms with Crippen molar-refractivity contribution in [2.24, 2.45) is 0 Å². The first kappa shape index (κ1) is 32.3. The molecule has 2 aromatic carbocycles. The number of ether oxygens (including phenoxy) is 4. The fourth-order valence-electron chi connectivity index (χ4n) is 5.74. The molecule has 0 saturated carbocycles. The lowest BCUT2D eigenvalue weighted by molar-refractivity contribution is -0.336. The Morgan fingerprint density at radius 2 is 1.51 bits per heavy atom. The minimum absolute atomic E-state index is 0.0322. The molecule has 2 saturated heterocycles. The number of hydrogen-bond acceptors (Lipinski definition) is 6. The number of aliphatic hydroxyl groups is 1. The van der Waals surface area contributed by atoms with Crippen LogP contribution in [0.5, 0.6) is 0 Å². The van der Waals surface area contributed by atoms with Crippen LogP contribution >= 0.6 is 0 Å². The minimum atomic E-state index is -2.12. The van der Waals surface area contributed by atoms with E-state index in [1.54, 1.807) is 0 Å². The maximum Gasteiger partial charge on any atom is 0.192 e. The van der Waals surface area contributed by atoms with Gasteiger partial charge in [0.15, 0.2) is 8.32 Å². The number of fused-ring (bicyclic) bond motifs is 1. The van der Waals surface area contributed by atoms with E-state index in [1.165, 1.54) is 5.56 Å². The van der Waals surface area contributed by atoms with E-state index in [9.17, 15) is 5.11 Å². The molecule has 2 fully saturated rings. The summed E-state index contributed by atoms with van der Waals surface area (Å²) in [6, 6.07) is 20.5. The zero-order valence-electron chi connectivity index (χ0n) is 26.2. The molecule has 0 unspecified atom stereocenters. The molecule has 0 amide bonds. The Bertz CT molecular complexity index is 1070. The SMILES string of the molecule is CC(C)(C)[Si](C)(C)O[C@H]1C[C@H]2O[C@@H](CCCOCc3ccccc3)C[C@H](OCc3ccccc3)[C@]2(C)O[C@]1(C)CO. The largest absolute Gasteiger partial charge is 0.411 e. The minimum Gasteiger partial charge on any atom is -0.411 e. The molecule has 2 aliphatic rings. The third kappa shape index (κ3) is 7.88. The molecule has 0 spiro atoms. The molecule has 0 aliphatic carbocycles. The number of benzene rings is 2. The summed E-state index contributed by atoms with van der Waals surface area (Å²) in [7, 11) is -2.12. The number of rotatable bonds is 12. The second-order valence-corrected chi connectivity index (χ2v) is 18.6. The zero-order valence-corrected chi connectivity index (χ0v) is 27.2. The van der Waals surface area contributed by atoms with Crippen LogP contribution in [0.4, 0.5) is 0 Å². The Kier molecular flexibility index (Phi) is 10.5. The first-order valence-corrected chi connectivity index (χ1v) is 18.2. The Morgan fingerprint density at radius 3 is 2.10 bits per heavy atom. The van der Waals surface area contributed by atoms with Crippen molar-refractivity contribution in [3.05, 3.63) is 71.8 Å². The average Bonchev–Trinajstić information content (AvgIpc) is 2.93. The van der Waals surface area contributed by atoms with Gasteiger partial charge in [-0.3, -0.25) is 0 Å². The van der Waals surface area contributed by atoms with Gasteiger partial charge in [-0.15, -0.1) is 0 Å². The molecule has 41 heavy (non-hydrogen) atoms. The van der Waals surface area contributed by atoms with Crippen LogP contribution in [0.2, 0.25) is 18.1 Å². The van der Waals surface area contributed by atoms with Crippen LogP contribution in [0.1, 0.15) is 71.4 Å². The fraction of sp³-hybridized carbons (Fsp3) is 0.647. The van der Waals surface area contributed by atoms with Gasteiger partial charge in [0.1, 0.15) is 11.2 Å². The summed E-state index contributed by atoms with van der Waals surface area (Å²) in [5, 5.41) is 10.7. The van der Waals surface area contributed by atoms with Gasteiger partial charge in [0, 0.05) is 19.4 Å². The summed E-state index contributed by atoms with van der Waals surface area (Å²) < 4.78 is 33.2. The lowest BCUT2D eigenvalue weighted by Gasteiger charge is -2.59. The third-order valence-electron chi connectivity index (χ3n) is 9.45. The normalized spacial score (nSPS) is 30.6. The van der Waals surface area contributed by atoms with E-state index < -0.39 is 19.5 Å². The molecule has 1 N–H and O–H groups in total. The van der Waals surface area contributed by atoms with E-state index in [0.29, 0.717) is 26.2 Å². The van der Waals surface area contributed by atoms with Crippen LogP contribution in [0.25, 0.3) is 0 Å². The molecule has 0 bridgehead atoms. The van der Waals surface area contributed by atoms with Gasteiger partial charge in [0.2, 0.25) is 0 Å². The van der Waals surface area contributed by atoms with Crippen LogP contribution in [0.15, 0.2) is 60.7 Å². The molecular formula is C34H52O6Si. The molecule has 2 aliphatic heterocycles. The summed E-state index contributed by atoms with van der Waals surface area (Å²) in [4.78, 5) is 0. The molecule has 0 radical (unpaired) electrons. The van der Waals surface area contributed by atoms with Crippen LogP contribution in [-0.4, -0.2) is 62.3 Å². The molecule has 6 nitrogen and oxygen atoms in total. The summed E-state index contributed by atoms with van der Waals surface area (Å²) in [6.45, 7) is 17.0. The van der Waals surface area contributed by atoms with E-state index in [0.717, 1.165) is 24.8 Å². The first-order chi connectivity index (χ1) is 19.4. The molecular weight excluding hydrogens is 532 g/mol. The molecule has 0 aromatic heterocycles. The van der Waals surface area contributed by atoms with E-state index in [1.807, 2.05) is 43.3 Å². The second-order valence-electron chi connectivity index (χ2n) is 13.8. The van der Waals surface area contributed by atoms with Crippen molar-refractivity contribution in [1.29, 1.82) is 0 Å². The van der Waals surface area contributed by atoms with Crippen molar-refractivity contribution < 1.29 is 28.5 Å². The average molecular weight is 585 g/mol. The van der Waals surface area contributed by atoms with Crippen molar-refractivity contribution in [1.82, 2.24) is 0 Å². The van der Waals surface area contributed by atoms with Gasteiger partial charge in [-0.2, -0.15) is 0 Å². The molecule has 2 heterocycles. The second kappa shape index (κ2) is 13.4. The van der Waals surface area contributed by atoms with E-state index in [-0.39, 0.29) is 36.1 Å². The quantitative estimate of drug-likeness (QED) is 0.213. The molecule has 4 rings (SSSR count). The summed E-state index contributed by atoms with van der Waals surface area (Å²) in [5.74, 6) is 0. The predicted octanol–water partition coefficient (Wildman–Crippen LogP) is 7.05. The Hall–Kier alpha value is -1.58.